The van der Waals surface area contributed by atoms with Crippen LogP contribution in [-0.4, -0.2) is 78.1 Å². The minimum absolute atomic E-state index is 0.0703. The van der Waals surface area contributed by atoms with Crippen LogP contribution in [0.4, 0.5) is 9.59 Å². The highest BCUT2D eigenvalue weighted by atomic mass is 16.6. The smallest absolute Gasteiger partial charge is 0.408 e. The van der Waals surface area contributed by atoms with Gasteiger partial charge in [-0.15, -0.1) is 0 Å². The number of alkyl carbamates (subject to hydrolysis) is 2. The molecule has 2 amide bonds. The monoisotopic (exact) mass is 852 g/mol. The molecule has 2 aromatic heterocycles. The number of benzene rings is 3. The third kappa shape index (κ3) is 15.0. The summed E-state index contributed by atoms with van der Waals surface area (Å²) in [6.07, 6.45) is -0.536. The lowest BCUT2D eigenvalue weighted by Gasteiger charge is -2.21. The zero-order chi connectivity index (χ0) is 44.6. The molecule has 2 N–H and O–H groups in total. The number of hydrogen-bond acceptors (Lipinski definition) is 13. The Morgan fingerprint density at radius 3 is 1.77 bits per heavy atom. The molecule has 0 aliphatic heterocycles. The third-order valence-corrected chi connectivity index (χ3v) is 9.34. The zero-order valence-electron chi connectivity index (χ0n) is 36.2. The van der Waals surface area contributed by atoms with E-state index in [9.17, 15) is 19.2 Å². The van der Waals surface area contributed by atoms with E-state index in [-0.39, 0.29) is 25.3 Å². The molecule has 3 unspecified atom stereocenters. The summed E-state index contributed by atoms with van der Waals surface area (Å²) in [7, 11) is 0. The van der Waals surface area contributed by atoms with E-state index in [1.165, 1.54) is 33.9 Å². The average Bonchev–Trinajstić information content (AvgIpc) is 3.91. The van der Waals surface area contributed by atoms with Crippen molar-refractivity contribution in [3.63, 3.8) is 0 Å². The second-order valence-corrected chi connectivity index (χ2v) is 15.6. The SMILES string of the molecule is CC(C)Cc1ccc([C@H](C)NC(=O)OC(Cn2cncn2)C(=O)OC(C)Cc2ncn(CC(OC(=O)N[C@@H](C)c3ccc(OCc4ccccc4)cc3)C(=O)OC(C)C)n2)cc1. The molecule has 0 saturated carbocycles. The molecule has 3 aromatic carbocycles. The Bertz CT molecular complexity index is 2160. The summed E-state index contributed by atoms with van der Waals surface area (Å²) in [6, 6.07) is 24.2. The molecule has 0 fully saturated rings. The van der Waals surface area contributed by atoms with Crippen molar-refractivity contribution < 1.29 is 42.9 Å². The van der Waals surface area contributed by atoms with Gasteiger partial charge in [0.1, 0.15) is 37.4 Å². The van der Waals surface area contributed by atoms with Crippen molar-refractivity contribution in [3.8, 4) is 5.75 Å². The number of esters is 2. The fourth-order valence-corrected chi connectivity index (χ4v) is 6.24. The summed E-state index contributed by atoms with van der Waals surface area (Å²) in [4.78, 5) is 60.8. The van der Waals surface area contributed by atoms with Crippen LogP contribution < -0.4 is 15.4 Å². The van der Waals surface area contributed by atoms with Gasteiger partial charge in [0.05, 0.1) is 31.3 Å². The Hall–Kier alpha value is -6.78. The predicted molar refractivity (Wildman–Crippen MR) is 226 cm³/mol. The number of nitrogens with zero attached hydrogens (tertiary/aromatic N) is 6. The number of carbonyl (C=O) groups is 4. The van der Waals surface area contributed by atoms with Crippen molar-refractivity contribution in [3.05, 3.63) is 126 Å². The molecule has 330 valence electrons. The standard InChI is InChI=1S/C45H56N8O9/c1-29(2)21-34-13-15-36(16-14-34)32(6)49-44(56)61-39(23-52-27-46-26-48-52)43(55)60-31(5)22-41-47-28-53(51-41)24-40(42(54)59-30(3)4)62-45(57)50-33(7)37-17-19-38(20-18-37)58-25-35-11-9-8-10-12-35/h8-20,26-33,39-40H,21-25H2,1-7H3,(H,49,56)(H,50,57)/t31?,32-,33-,39?,40?/m0/s1. The first-order chi connectivity index (χ1) is 29.7. The molecule has 0 aliphatic carbocycles. The Kier molecular flexibility index (Phi) is 17.0. The minimum atomic E-state index is -1.36. The van der Waals surface area contributed by atoms with Gasteiger partial charge in [0.25, 0.3) is 0 Å². The molecule has 17 heteroatoms. The fraction of sp³-hybridized carbons (Fsp3) is 0.422. The lowest BCUT2D eigenvalue weighted by atomic mass is 10.00. The van der Waals surface area contributed by atoms with Crippen LogP contribution in [0.1, 0.15) is 88.6 Å². The second kappa shape index (κ2) is 22.7. The van der Waals surface area contributed by atoms with E-state index < -0.39 is 60.6 Å². The van der Waals surface area contributed by atoms with E-state index in [1.807, 2.05) is 85.8 Å². The summed E-state index contributed by atoms with van der Waals surface area (Å²) in [5.41, 5.74) is 3.91. The number of hydrogen-bond donors (Lipinski definition) is 2. The summed E-state index contributed by atoms with van der Waals surface area (Å²) in [5.74, 6) is -0.113. The zero-order valence-corrected chi connectivity index (χ0v) is 36.2. The lowest BCUT2D eigenvalue weighted by Crippen LogP contribution is -2.39. The van der Waals surface area contributed by atoms with Crippen molar-refractivity contribution in [2.24, 2.45) is 5.92 Å². The third-order valence-electron chi connectivity index (χ3n) is 9.34. The van der Waals surface area contributed by atoms with Crippen LogP contribution in [-0.2, 0) is 61.1 Å². The van der Waals surface area contributed by atoms with Crippen LogP contribution in [0.5, 0.6) is 5.75 Å². The van der Waals surface area contributed by atoms with Crippen LogP contribution in [0.25, 0.3) is 0 Å². The number of aromatic nitrogens is 6. The quantitative estimate of drug-likeness (QED) is 0.0601. The number of amides is 2. The van der Waals surface area contributed by atoms with Crippen molar-refractivity contribution in [2.45, 2.75) is 118 Å². The maximum Gasteiger partial charge on any atom is 0.408 e. The van der Waals surface area contributed by atoms with Crippen LogP contribution in [0.2, 0.25) is 0 Å². The van der Waals surface area contributed by atoms with Gasteiger partial charge >= 0.3 is 24.1 Å². The molecule has 5 rings (SSSR count). The van der Waals surface area contributed by atoms with E-state index >= 15 is 0 Å². The van der Waals surface area contributed by atoms with Gasteiger partial charge in [-0.2, -0.15) is 10.2 Å². The number of nitrogens with one attached hydrogen (secondary N) is 2. The largest absolute Gasteiger partial charge is 0.489 e. The highest BCUT2D eigenvalue weighted by Crippen LogP contribution is 2.20. The van der Waals surface area contributed by atoms with Crippen molar-refractivity contribution in [2.75, 3.05) is 0 Å². The van der Waals surface area contributed by atoms with Gasteiger partial charge in [-0.25, -0.2) is 38.5 Å². The molecule has 5 aromatic rings. The highest BCUT2D eigenvalue weighted by Gasteiger charge is 2.30. The van der Waals surface area contributed by atoms with Crippen LogP contribution in [0, 0.1) is 5.92 Å². The van der Waals surface area contributed by atoms with Gasteiger partial charge < -0.3 is 34.3 Å². The second-order valence-electron chi connectivity index (χ2n) is 15.6. The highest BCUT2D eigenvalue weighted by molar-refractivity contribution is 5.79. The molecule has 0 bridgehead atoms. The fourth-order valence-electron chi connectivity index (χ4n) is 6.24. The first kappa shape index (κ1) is 46.3. The van der Waals surface area contributed by atoms with E-state index in [0.29, 0.717) is 18.3 Å². The molecule has 5 atom stereocenters. The molecule has 0 radical (unpaired) electrons. The van der Waals surface area contributed by atoms with Gasteiger partial charge in [0.15, 0.2) is 5.82 Å². The lowest BCUT2D eigenvalue weighted by molar-refractivity contribution is -0.159. The summed E-state index contributed by atoms with van der Waals surface area (Å²) in [5, 5.41) is 14.0. The molecule has 2 heterocycles. The van der Waals surface area contributed by atoms with Gasteiger partial charge in [0, 0.05) is 6.42 Å². The molecular formula is C45H56N8O9. The van der Waals surface area contributed by atoms with Crippen LogP contribution in [0.15, 0.2) is 97.8 Å². The Morgan fingerprint density at radius 1 is 0.629 bits per heavy atom. The van der Waals surface area contributed by atoms with E-state index in [4.69, 9.17) is 23.7 Å². The van der Waals surface area contributed by atoms with E-state index in [2.05, 4.69) is 44.6 Å². The minimum Gasteiger partial charge on any atom is -0.489 e. The molecular weight excluding hydrogens is 797 g/mol. The number of rotatable bonds is 21. The molecule has 0 saturated heterocycles. The van der Waals surface area contributed by atoms with E-state index in [0.717, 1.165) is 23.1 Å². The molecule has 0 aliphatic rings. The molecule has 0 spiro atoms. The topological polar surface area (TPSA) is 200 Å². The first-order valence-electron chi connectivity index (χ1n) is 20.6. The van der Waals surface area contributed by atoms with Gasteiger partial charge in [-0.05, 0) is 81.3 Å². The predicted octanol–water partition coefficient (Wildman–Crippen LogP) is 6.49. The Labute approximate surface area is 361 Å². The van der Waals surface area contributed by atoms with Gasteiger partial charge in [-0.1, -0.05) is 80.6 Å². The van der Waals surface area contributed by atoms with Crippen LogP contribution >= 0.6 is 0 Å². The van der Waals surface area contributed by atoms with E-state index in [1.54, 1.807) is 27.7 Å². The Balaban J connectivity index is 1.14. The van der Waals surface area contributed by atoms with Crippen LogP contribution in [0.3, 0.4) is 0 Å². The first-order valence-corrected chi connectivity index (χ1v) is 20.6. The maximum atomic E-state index is 13.4. The van der Waals surface area contributed by atoms with Crippen molar-refractivity contribution >= 4 is 24.1 Å². The number of ether oxygens (including phenoxy) is 5. The average molecular weight is 853 g/mol. The summed E-state index contributed by atoms with van der Waals surface area (Å²) >= 11 is 0. The van der Waals surface area contributed by atoms with Crippen molar-refractivity contribution in [1.29, 1.82) is 0 Å². The maximum absolute atomic E-state index is 13.4. The molecule has 17 nitrogen and oxygen atoms in total. The Morgan fingerprint density at radius 2 is 1.21 bits per heavy atom. The van der Waals surface area contributed by atoms with Gasteiger partial charge in [-0.3, -0.25) is 0 Å². The summed E-state index contributed by atoms with van der Waals surface area (Å²) < 4.78 is 30.7. The molecule has 62 heavy (non-hydrogen) atoms. The van der Waals surface area contributed by atoms with Crippen molar-refractivity contribution in [1.82, 2.24) is 40.2 Å². The number of carbonyl (C=O) groups excluding carboxylic acids is 4. The van der Waals surface area contributed by atoms with Gasteiger partial charge in [0.2, 0.25) is 12.2 Å². The normalized spacial score (nSPS) is 13.6. The summed E-state index contributed by atoms with van der Waals surface area (Å²) in [6.45, 7) is 13.0.